The van der Waals surface area contributed by atoms with Gasteiger partial charge < -0.3 is 19.5 Å². The third-order valence-corrected chi connectivity index (χ3v) is 4.19. The molecule has 156 valence electrons. The van der Waals surface area contributed by atoms with E-state index < -0.39 is 23.7 Å². The molecule has 1 heterocycles. The summed E-state index contributed by atoms with van der Waals surface area (Å²) < 4.78 is 15.6. The van der Waals surface area contributed by atoms with Crippen LogP contribution < -0.4 is 10.1 Å². The number of ether oxygens (including phenoxy) is 3. The first-order valence-electron chi connectivity index (χ1n) is 9.30. The van der Waals surface area contributed by atoms with E-state index in [1.807, 2.05) is 31.2 Å². The SMILES string of the molecule is COC(=O)C[C@H](NC(=O)OC(C)(C)C)c1cncc(-c2c(C)cccc2OC)c1. The van der Waals surface area contributed by atoms with Crippen LogP contribution in [0.2, 0.25) is 0 Å². The number of carbonyl (C=O) groups is 2. The summed E-state index contributed by atoms with van der Waals surface area (Å²) in [4.78, 5) is 28.5. The highest BCUT2D eigenvalue weighted by Crippen LogP contribution is 2.34. The molecule has 1 atom stereocenters. The molecule has 0 fully saturated rings. The van der Waals surface area contributed by atoms with Crippen molar-refractivity contribution < 1.29 is 23.8 Å². The molecule has 7 nitrogen and oxygen atoms in total. The van der Waals surface area contributed by atoms with Crippen molar-refractivity contribution in [3.05, 3.63) is 47.8 Å². The second-order valence-corrected chi connectivity index (χ2v) is 7.64. The first-order chi connectivity index (χ1) is 13.6. The van der Waals surface area contributed by atoms with Gasteiger partial charge in [0.1, 0.15) is 11.4 Å². The third kappa shape index (κ3) is 6.20. The van der Waals surface area contributed by atoms with Gasteiger partial charge in [0, 0.05) is 23.5 Å². The Kier molecular flexibility index (Phi) is 7.20. The molecule has 0 bridgehead atoms. The van der Waals surface area contributed by atoms with Gasteiger partial charge in [-0.3, -0.25) is 9.78 Å². The molecular formula is C22H28N2O5. The van der Waals surface area contributed by atoms with Crippen LogP contribution in [-0.2, 0) is 14.3 Å². The van der Waals surface area contributed by atoms with E-state index in [2.05, 4.69) is 10.3 Å². The van der Waals surface area contributed by atoms with Crippen molar-refractivity contribution in [3.8, 4) is 16.9 Å². The van der Waals surface area contributed by atoms with Gasteiger partial charge in [0.2, 0.25) is 0 Å². The quantitative estimate of drug-likeness (QED) is 0.732. The molecule has 2 rings (SSSR count). The molecule has 0 aliphatic carbocycles. The number of methoxy groups -OCH3 is 2. The molecule has 7 heteroatoms. The first-order valence-corrected chi connectivity index (χ1v) is 9.30. The van der Waals surface area contributed by atoms with Gasteiger partial charge in [-0.1, -0.05) is 12.1 Å². The van der Waals surface area contributed by atoms with Crippen molar-refractivity contribution >= 4 is 12.1 Å². The Labute approximate surface area is 171 Å². The zero-order valence-electron chi connectivity index (χ0n) is 17.7. The highest BCUT2D eigenvalue weighted by atomic mass is 16.6. The van der Waals surface area contributed by atoms with Crippen molar-refractivity contribution in [2.24, 2.45) is 0 Å². The Bertz CT molecular complexity index is 874. The Morgan fingerprint density at radius 1 is 1.17 bits per heavy atom. The number of pyridine rings is 1. The molecule has 0 saturated heterocycles. The molecule has 1 aromatic carbocycles. The van der Waals surface area contributed by atoms with Gasteiger partial charge >= 0.3 is 12.1 Å². The van der Waals surface area contributed by atoms with Crippen LogP contribution in [0.4, 0.5) is 4.79 Å². The van der Waals surface area contributed by atoms with Gasteiger partial charge in [0.05, 0.1) is 26.7 Å². The number of hydrogen-bond acceptors (Lipinski definition) is 6. The van der Waals surface area contributed by atoms with Gasteiger partial charge in [-0.05, 0) is 51.0 Å². The zero-order chi connectivity index (χ0) is 21.6. The van der Waals surface area contributed by atoms with Gasteiger partial charge in [-0.25, -0.2) is 4.79 Å². The summed E-state index contributed by atoms with van der Waals surface area (Å²) in [5.74, 6) is 0.263. The average Bonchev–Trinajstić information content (AvgIpc) is 2.65. The Balaban J connectivity index is 2.41. The monoisotopic (exact) mass is 400 g/mol. The lowest BCUT2D eigenvalue weighted by molar-refractivity contribution is -0.141. The number of aryl methyl sites for hydroxylation is 1. The fraction of sp³-hybridized carbons (Fsp3) is 0.409. The second-order valence-electron chi connectivity index (χ2n) is 7.64. The largest absolute Gasteiger partial charge is 0.496 e. The number of carbonyl (C=O) groups excluding carboxylic acids is 2. The maximum atomic E-state index is 12.3. The topological polar surface area (TPSA) is 86.8 Å². The molecule has 0 aliphatic rings. The number of amides is 1. The standard InChI is InChI=1S/C22H28N2O5/c1-14-8-7-9-18(27-5)20(14)16-10-15(12-23-13-16)17(11-19(25)28-6)24-21(26)29-22(2,3)4/h7-10,12-13,17H,11H2,1-6H3,(H,24,26)/t17-/m0/s1. The molecule has 0 aliphatic heterocycles. The van der Waals surface area contributed by atoms with Crippen LogP contribution in [0.1, 0.15) is 44.4 Å². The van der Waals surface area contributed by atoms with Crippen LogP contribution >= 0.6 is 0 Å². The highest BCUT2D eigenvalue weighted by molar-refractivity contribution is 5.76. The lowest BCUT2D eigenvalue weighted by atomic mass is 9.97. The zero-order valence-corrected chi connectivity index (χ0v) is 17.7. The molecule has 1 amide bonds. The van der Waals surface area contributed by atoms with Crippen molar-refractivity contribution in [2.45, 2.75) is 45.8 Å². The summed E-state index contributed by atoms with van der Waals surface area (Å²) in [6.45, 7) is 7.30. The normalized spacial score (nSPS) is 12.1. The minimum atomic E-state index is -0.658. The smallest absolute Gasteiger partial charge is 0.408 e. The van der Waals surface area contributed by atoms with Crippen molar-refractivity contribution in [1.82, 2.24) is 10.3 Å². The predicted molar refractivity (Wildman–Crippen MR) is 110 cm³/mol. The number of nitrogens with one attached hydrogen (secondary N) is 1. The number of rotatable bonds is 6. The van der Waals surface area contributed by atoms with Crippen LogP contribution in [0.15, 0.2) is 36.7 Å². The van der Waals surface area contributed by atoms with Crippen molar-refractivity contribution in [3.63, 3.8) is 0 Å². The number of esters is 1. The van der Waals surface area contributed by atoms with E-state index in [1.165, 1.54) is 7.11 Å². The second kappa shape index (κ2) is 9.41. The molecule has 1 aromatic heterocycles. The van der Waals surface area contributed by atoms with E-state index in [9.17, 15) is 9.59 Å². The number of nitrogens with zero attached hydrogens (tertiary/aromatic N) is 1. The van der Waals surface area contributed by atoms with Crippen LogP contribution in [-0.4, -0.2) is 36.9 Å². The number of aromatic nitrogens is 1. The first kappa shape index (κ1) is 22.2. The van der Waals surface area contributed by atoms with E-state index in [4.69, 9.17) is 14.2 Å². The summed E-state index contributed by atoms with van der Waals surface area (Å²) >= 11 is 0. The average molecular weight is 400 g/mol. The van der Waals surface area contributed by atoms with Gasteiger partial charge in [0.15, 0.2) is 0 Å². The molecule has 0 spiro atoms. The van der Waals surface area contributed by atoms with E-state index in [-0.39, 0.29) is 6.42 Å². The maximum absolute atomic E-state index is 12.3. The van der Waals surface area contributed by atoms with Crippen molar-refractivity contribution in [1.29, 1.82) is 0 Å². The Morgan fingerprint density at radius 2 is 1.90 bits per heavy atom. The van der Waals surface area contributed by atoms with Crippen LogP contribution in [0.5, 0.6) is 5.75 Å². The van der Waals surface area contributed by atoms with E-state index in [0.29, 0.717) is 11.3 Å². The number of benzene rings is 1. The minimum Gasteiger partial charge on any atom is -0.496 e. The van der Waals surface area contributed by atoms with Crippen LogP contribution in [0.25, 0.3) is 11.1 Å². The number of alkyl carbamates (subject to hydrolysis) is 1. The lowest BCUT2D eigenvalue weighted by Gasteiger charge is -2.23. The van der Waals surface area contributed by atoms with Gasteiger partial charge in [-0.15, -0.1) is 0 Å². The molecule has 0 saturated carbocycles. The molecular weight excluding hydrogens is 372 g/mol. The van der Waals surface area contributed by atoms with Crippen LogP contribution in [0.3, 0.4) is 0 Å². The molecule has 29 heavy (non-hydrogen) atoms. The van der Waals surface area contributed by atoms with Crippen LogP contribution in [0, 0.1) is 6.92 Å². The highest BCUT2D eigenvalue weighted by Gasteiger charge is 2.24. The summed E-state index contributed by atoms with van der Waals surface area (Å²) in [5, 5.41) is 2.74. The predicted octanol–water partition coefficient (Wildman–Crippen LogP) is 4.19. The summed E-state index contributed by atoms with van der Waals surface area (Å²) in [7, 11) is 2.92. The Hall–Kier alpha value is -3.09. The third-order valence-electron chi connectivity index (χ3n) is 4.19. The van der Waals surface area contributed by atoms with Gasteiger partial charge in [0.25, 0.3) is 0 Å². The molecule has 0 unspecified atom stereocenters. The lowest BCUT2D eigenvalue weighted by Crippen LogP contribution is -2.36. The maximum Gasteiger partial charge on any atom is 0.408 e. The number of hydrogen-bond donors (Lipinski definition) is 1. The Morgan fingerprint density at radius 3 is 2.52 bits per heavy atom. The van der Waals surface area contributed by atoms with Crippen molar-refractivity contribution in [2.75, 3.05) is 14.2 Å². The summed E-state index contributed by atoms with van der Waals surface area (Å²) in [5.41, 5.74) is 2.74. The fourth-order valence-corrected chi connectivity index (χ4v) is 2.92. The molecule has 2 aromatic rings. The fourth-order valence-electron chi connectivity index (χ4n) is 2.92. The van der Waals surface area contributed by atoms with E-state index >= 15 is 0 Å². The summed E-state index contributed by atoms with van der Waals surface area (Å²) in [6.07, 6.45) is 2.66. The molecule has 0 radical (unpaired) electrons. The van der Waals surface area contributed by atoms with E-state index in [1.54, 1.807) is 40.3 Å². The van der Waals surface area contributed by atoms with Gasteiger partial charge in [-0.2, -0.15) is 0 Å². The van der Waals surface area contributed by atoms with E-state index in [0.717, 1.165) is 16.7 Å². The molecule has 1 N–H and O–H groups in total. The summed E-state index contributed by atoms with van der Waals surface area (Å²) in [6, 6.07) is 7.00. The minimum absolute atomic E-state index is 0.0498.